The highest BCUT2D eigenvalue weighted by Crippen LogP contribution is 2.31. The normalized spacial score (nSPS) is 16.4. The van der Waals surface area contributed by atoms with E-state index in [1.807, 2.05) is 67.6 Å². The van der Waals surface area contributed by atoms with Crippen molar-refractivity contribution in [3.63, 3.8) is 0 Å². The first-order chi connectivity index (χ1) is 14.0. The van der Waals surface area contributed by atoms with E-state index in [1.165, 1.54) is 18.3 Å². The lowest BCUT2D eigenvalue weighted by atomic mass is 9.93. The van der Waals surface area contributed by atoms with Crippen LogP contribution >= 0.6 is 11.3 Å². The highest BCUT2D eigenvalue weighted by molar-refractivity contribution is 7.07. The van der Waals surface area contributed by atoms with Crippen LogP contribution in [-0.2, 0) is 4.79 Å². The number of Topliss-reactive ketones (excluding diaryl/α,β-unsaturated/α-hetero) is 1. The van der Waals surface area contributed by atoms with Gasteiger partial charge in [-0.2, -0.15) is 0 Å². The van der Waals surface area contributed by atoms with Gasteiger partial charge < -0.3 is 4.74 Å². The van der Waals surface area contributed by atoms with Gasteiger partial charge in [-0.3, -0.25) is 14.2 Å². The summed E-state index contributed by atoms with van der Waals surface area (Å²) in [5.41, 5.74) is 2.82. The van der Waals surface area contributed by atoms with Crippen molar-refractivity contribution in [3.8, 4) is 5.75 Å². The number of thiazole rings is 1. The summed E-state index contributed by atoms with van der Waals surface area (Å²) in [6.45, 7) is 3.34. The Hall–Kier alpha value is -3.25. The van der Waals surface area contributed by atoms with E-state index in [1.54, 1.807) is 11.7 Å². The highest BCUT2D eigenvalue weighted by Gasteiger charge is 2.30. The minimum Gasteiger partial charge on any atom is -0.497 e. The van der Waals surface area contributed by atoms with Crippen LogP contribution in [0.3, 0.4) is 0 Å². The van der Waals surface area contributed by atoms with E-state index in [0.717, 1.165) is 16.9 Å². The zero-order chi connectivity index (χ0) is 20.5. The minimum atomic E-state index is -0.507. The molecule has 1 aromatic heterocycles. The number of fused-ring (bicyclic) bond motifs is 1. The molecular weight excluding hydrogens is 384 g/mol. The fourth-order valence-corrected chi connectivity index (χ4v) is 4.62. The summed E-state index contributed by atoms with van der Waals surface area (Å²) >= 11 is 1.34. The topological polar surface area (TPSA) is 60.7 Å². The first kappa shape index (κ1) is 19.1. The lowest BCUT2D eigenvalue weighted by Crippen LogP contribution is -2.39. The molecule has 0 saturated carbocycles. The molecule has 0 radical (unpaired) electrons. The molecule has 29 heavy (non-hydrogen) atoms. The van der Waals surface area contributed by atoms with E-state index in [2.05, 4.69) is 4.99 Å². The maximum atomic E-state index is 13.3. The third kappa shape index (κ3) is 3.47. The lowest BCUT2D eigenvalue weighted by Gasteiger charge is -2.24. The van der Waals surface area contributed by atoms with Crippen LogP contribution < -0.4 is 19.6 Å². The smallest absolute Gasteiger partial charge is 0.271 e. The van der Waals surface area contributed by atoms with Crippen molar-refractivity contribution in [2.45, 2.75) is 19.9 Å². The molecule has 2 aromatic carbocycles. The quantitative estimate of drug-likeness (QED) is 0.672. The number of hydrogen-bond acceptors (Lipinski definition) is 5. The van der Waals surface area contributed by atoms with Gasteiger partial charge in [-0.15, -0.1) is 0 Å². The molecule has 2 heterocycles. The molecule has 5 nitrogen and oxygen atoms in total. The SMILES string of the molecule is COc1ccc([C@@H]2C(C(C)=O)=C(C)N=c3s/c(=C/c4ccccc4)c(=O)n32)cc1. The van der Waals surface area contributed by atoms with Gasteiger partial charge in [0.05, 0.1) is 17.7 Å². The first-order valence-electron chi connectivity index (χ1n) is 9.22. The fraction of sp³-hybridized carbons (Fsp3) is 0.174. The van der Waals surface area contributed by atoms with Crippen LogP contribution in [0, 0.1) is 0 Å². The Kier molecular flexibility index (Phi) is 5.03. The Morgan fingerprint density at radius 3 is 2.45 bits per heavy atom. The first-order valence-corrected chi connectivity index (χ1v) is 10.0. The van der Waals surface area contributed by atoms with Gasteiger partial charge in [0, 0.05) is 11.3 Å². The minimum absolute atomic E-state index is 0.0931. The molecule has 1 aliphatic rings. The number of carbonyl (C=O) groups is 1. The number of rotatable bonds is 4. The van der Waals surface area contributed by atoms with E-state index in [4.69, 9.17) is 4.74 Å². The lowest BCUT2D eigenvalue weighted by molar-refractivity contribution is -0.114. The molecule has 0 aliphatic carbocycles. The van der Waals surface area contributed by atoms with Gasteiger partial charge in [0.15, 0.2) is 10.6 Å². The van der Waals surface area contributed by atoms with Crippen LogP contribution in [-0.4, -0.2) is 17.5 Å². The third-order valence-electron chi connectivity index (χ3n) is 4.93. The molecule has 4 rings (SSSR count). The highest BCUT2D eigenvalue weighted by atomic mass is 32.1. The Labute approximate surface area is 171 Å². The maximum Gasteiger partial charge on any atom is 0.271 e. The molecule has 3 aromatic rings. The van der Waals surface area contributed by atoms with Crippen molar-refractivity contribution in [1.29, 1.82) is 0 Å². The predicted octanol–water partition coefficient (Wildman–Crippen LogP) is 2.83. The van der Waals surface area contributed by atoms with Gasteiger partial charge in [-0.05, 0) is 43.2 Å². The second kappa shape index (κ2) is 7.64. The molecule has 0 N–H and O–H groups in total. The van der Waals surface area contributed by atoms with Crippen molar-refractivity contribution in [1.82, 2.24) is 4.57 Å². The van der Waals surface area contributed by atoms with Gasteiger partial charge in [-0.25, -0.2) is 4.99 Å². The number of methoxy groups -OCH3 is 1. The van der Waals surface area contributed by atoms with E-state index in [9.17, 15) is 9.59 Å². The van der Waals surface area contributed by atoms with Crippen LogP contribution in [0.1, 0.15) is 31.0 Å². The van der Waals surface area contributed by atoms with Crippen LogP contribution in [0.15, 0.2) is 75.7 Å². The number of carbonyl (C=O) groups excluding carboxylic acids is 1. The number of allylic oxidation sites excluding steroid dienone is 2. The molecule has 0 amide bonds. The van der Waals surface area contributed by atoms with Crippen molar-refractivity contribution in [3.05, 3.63) is 96.7 Å². The second-order valence-electron chi connectivity index (χ2n) is 6.82. The van der Waals surface area contributed by atoms with E-state index < -0.39 is 6.04 Å². The van der Waals surface area contributed by atoms with E-state index in [-0.39, 0.29) is 11.3 Å². The zero-order valence-corrected chi connectivity index (χ0v) is 17.2. The van der Waals surface area contributed by atoms with Crippen LogP contribution in [0.25, 0.3) is 6.08 Å². The number of nitrogens with zero attached hydrogens (tertiary/aromatic N) is 2. The molecule has 0 fully saturated rings. The van der Waals surface area contributed by atoms with Gasteiger partial charge in [-0.1, -0.05) is 53.8 Å². The van der Waals surface area contributed by atoms with Gasteiger partial charge in [0.25, 0.3) is 5.56 Å². The number of ketones is 1. The zero-order valence-electron chi connectivity index (χ0n) is 16.4. The fourth-order valence-electron chi connectivity index (χ4n) is 3.57. The van der Waals surface area contributed by atoms with Gasteiger partial charge in [0.1, 0.15) is 5.75 Å². The van der Waals surface area contributed by atoms with Crippen molar-refractivity contribution < 1.29 is 9.53 Å². The molecule has 1 atom stereocenters. The summed E-state index contributed by atoms with van der Waals surface area (Å²) in [7, 11) is 1.60. The van der Waals surface area contributed by atoms with E-state index in [0.29, 0.717) is 20.6 Å². The van der Waals surface area contributed by atoms with Crippen molar-refractivity contribution >= 4 is 23.2 Å². The van der Waals surface area contributed by atoms with E-state index >= 15 is 0 Å². The monoisotopic (exact) mass is 404 g/mol. The van der Waals surface area contributed by atoms with Gasteiger partial charge >= 0.3 is 0 Å². The number of aromatic nitrogens is 1. The molecule has 1 aliphatic heterocycles. The van der Waals surface area contributed by atoms with Gasteiger partial charge in [0.2, 0.25) is 0 Å². The van der Waals surface area contributed by atoms with Crippen LogP contribution in [0.4, 0.5) is 0 Å². The summed E-state index contributed by atoms with van der Waals surface area (Å²) in [5, 5.41) is 0. The summed E-state index contributed by atoms with van der Waals surface area (Å²) in [6.07, 6.45) is 1.86. The third-order valence-corrected chi connectivity index (χ3v) is 5.91. The average molecular weight is 404 g/mol. The molecule has 0 spiro atoms. The molecule has 0 bridgehead atoms. The summed E-state index contributed by atoms with van der Waals surface area (Å²) in [6, 6.07) is 16.6. The van der Waals surface area contributed by atoms with Crippen LogP contribution in [0.5, 0.6) is 5.75 Å². The average Bonchev–Trinajstić information content (AvgIpc) is 3.02. The summed E-state index contributed by atoms with van der Waals surface area (Å²) in [5.74, 6) is 0.625. The summed E-state index contributed by atoms with van der Waals surface area (Å²) < 4.78 is 7.47. The molecular formula is C23H20N2O3S. The number of hydrogen-bond donors (Lipinski definition) is 0. The number of ether oxygens (including phenoxy) is 1. The van der Waals surface area contributed by atoms with Crippen molar-refractivity contribution in [2.75, 3.05) is 7.11 Å². The standard InChI is InChI=1S/C23H20N2O3S/c1-14-20(15(2)26)21(17-9-11-18(28-3)12-10-17)25-22(27)19(29-23(25)24-14)13-16-7-5-4-6-8-16/h4-13,21H,1-3H3/b19-13+/t21-/m1/s1. The Balaban J connectivity index is 1.96. The summed E-state index contributed by atoms with van der Waals surface area (Å²) in [4.78, 5) is 31.0. The number of benzene rings is 2. The second-order valence-corrected chi connectivity index (χ2v) is 7.83. The van der Waals surface area contributed by atoms with Crippen molar-refractivity contribution in [2.24, 2.45) is 4.99 Å². The maximum absolute atomic E-state index is 13.3. The predicted molar refractivity (Wildman–Crippen MR) is 114 cm³/mol. The Morgan fingerprint density at radius 1 is 1.14 bits per heavy atom. The molecule has 0 saturated heterocycles. The van der Waals surface area contributed by atoms with Crippen LogP contribution in [0.2, 0.25) is 0 Å². The Bertz CT molecular complexity index is 1280. The molecule has 146 valence electrons. The largest absolute Gasteiger partial charge is 0.497 e. The molecule has 6 heteroatoms. The molecule has 0 unspecified atom stereocenters. The Morgan fingerprint density at radius 2 is 1.83 bits per heavy atom.